The molecule has 39 heavy (non-hydrogen) atoms. The van der Waals surface area contributed by atoms with Crippen molar-refractivity contribution in [3.63, 3.8) is 0 Å². The molecule has 0 atom stereocenters. The number of primary amides is 1. The number of likely N-dealkylation sites (tertiary alicyclic amines) is 1. The van der Waals surface area contributed by atoms with Crippen LogP contribution in [0.25, 0.3) is 33.5 Å². The molecular formula is C31H30N4O4. The molecule has 2 N–H and O–H groups in total. The maximum Gasteiger partial charge on any atom is 0.338 e. The number of aryl methyl sites for hydroxylation is 2. The molecule has 8 heteroatoms. The van der Waals surface area contributed by atoms with E-state index in [9.17, 15) is 14.4 Å². The summed E-state index contributed by atoms with van der Waals surface area (Å²) >= 11 is 0. The molecule has 1 fully saturated rings. The molecule has 2 amide bonds. The van der Waals surface area contributed by atoms with Crippen LogP contribution in [0.3, 0.4) is 0 Å². The second kappa shape index (κ2) is 11.0. The molecule has 1 saturated heterocycles. The third-order valence-electron chi connectivity index (χ3n) is 7.13. The summed E-state index contributed by atoms with van der Waals surface area (Å²) < 4.78 is 5.33. The van der Waals surface area contributed by atoms with Gasteiger partial charge in [-0.25, -0.2) is 14.8 Å². The van der Waals surface area contributed by atoms with Gasteiger partial charge in [0.05, 0.1) is 28.0 Å². The number of rotatable bonds is 6. The Hall–Kier alpha value is -4.59. The number of fused-ring (bicyclic) bond motifs is 1. The highest BCUT2D eigenvalue weighted by Gasteiger charge is 2.26. The first-order valence-electron chi connectivity index (χ1n) is 13.0. The number of aromatic nitrogens is 2. The van der Waals surface area contributed by atoms with Crippen molar-refractivity contribution >= 4 is 28.8 Å². The van der Waals surface area contributed by atoms with E-state index in [1.165, 1.54) is 0 Å². The molecule has 5 rings (SSSR count). The molecule has 3 aromatic carbocycles. The maximum absolute atomic E-state index is 12.8. The van der Waals surface area contributed by atoms with Gasteiger partial charge >= 0.3 is 5.97 Å². The molecular weight excluding hydrogens is 492 g/mol. The third kappa shape index (κ3) is 5.80. The number of ether oxygens (including phenoxy) is 1. The number of benzene rings is 3. The standard InChI is InChI=1S/C31H30N4O4/c1-19-3-7-21(8-4-19)28-29(22-9-5-20(2)6-10-22)34-26-17-24(11-12-25(26)33-28)31(38)39-18-27(36)35-15-13-23(14-16-35)30(32)37/h3-12,17,23H,13-16,18H2,1-2H3,(H2,32,37). The highest BCUT2D eigenvalue weighted by atomic mass is 16.5. The quantitative estimate of drug-likeness (QED) is 0.374. The Morgan fingerprint density at radius 2 is 1.36 bits per heavy atom. The van der Waals surface area contributed by atoms with Gasteiger partial charge in [-0.15, -0.1) is 0 Å². The van der Waals surface area contributed by atoms with Gasteiger partial charge in [-0.1, -0.05) is 59.7 Å². The molecule has 0 saturated carbocycles. The first kappa shape index (κ1) is 26.0. The van der Waals surface area contributed by atoms with E-state index in [1.54, 1.807) is 23.1 Å². The summed E-state index contributed by atoms with van der Waals surface area (Å²) in [4.78, 5) is 48.2. The van der Waals surface area contributed by atoms with Crippen LogP contribution in [0.5, 0.6) is 0 Å². The van der Waals surface area contributed by atoms with E-state index >= 15 is 0 Å². The van der Waals surface area contributed by atoms with E-state index in [0.29, 0.717) is 42.7 Å². The van der Waals surface area contributed by atoms with Crippen LogP contribution in [0.15, 0.2) is 66.7 Å². The van der Waals surface area contributed by atoms with E-state index in [4.69, 9.17) is 20.4 Å². The fraction of sp³-hybridized carbons (Fsp3) is 0.258. The molecule has 198 valence electrons. The zero-order chi connectivity index (χ0) is 27.5. The normalized spacial score (nSPS) is 13.8. The molecule has 0 aliphatic carbocycles. The number of nitrogens with two attached hydrogens (primary N) is 1. The van der Waals surface area contributed by atoms with Gasteiger partial charge in [-0.2, -0.15) is 0 Å². The minimum atomic E-state index is -0.612. The third-order valence-corrected chi connectivity index (χ3v) is 7.13. The smallest absolute Gasteiger partial charge is 0.338 e. The van der Waals surface area contributed by atoms with Crippen molar-refractivity contribution in [3.8, 4) is 22.5 Å². The van der Waals surface area contributed by atoms with Crippen molar-refractivity contribution in [2.24, 2.45) is 11.7 Å². The second-order valence-electron chi connectivity index (χ2n) is 9.99. The molecule has 4 aromatic rings. The van der Waals surface area contributed by atoms with E-state index in [-0.39, 0.29) is 29.9 Å². The maximum atomic E-state index is 12.8. The van der Waals surface area contributed by atoms with Crippen LogP contribution in [0.2, 0.25) is 0 Å². The van der Waals surface area contributed by atoms with Gasteiger partial charge in [0, 0.05) is 30.1 Å². The number of nitrogens with zero attached hydrogens (tertiary/aromatic N) is 3. The Labute approximate surface area is 226 Å². The number of amides is 2. The summed E-state index contributed by atoms with van der Waals surface area (Å²) in [5, 5.41) is 0. The predicted molar refractivity (Wildman–Crippen MR) is 149 cm³/mol. The van der Waals surface area contributed by atoms with Gasteiger partial charge in [0.25, 0.3) is 5.91 Å². The number of hydrogen-bond acceptors (Lipinski definition) is 6. The van der Waals surface area contributed by atoms with E-state index in [0.717, 1.165) is 27.9 Å². The minimum absolute atomic E-state index is 0.216. The summed E-state index contributed by atoms with van der Waals surface area (Å²) in [5.41, 5.74) is 12.5. The fourth-order valence-electron chi connectivity index (χ4n) is 4.72. The minimum Gasteiger partial charge on any atom is -0.452 e. The highest BCUT2D eigenvalue weighted by Crippen LogP contribution is 2.31. The van der Waals surface area contributed by atoms with Crippen molar-refractivity contribution in [1.29, 1.82) is 0 Å². The summed E-state index contributed by atoms with van der Waals surface area (Å²) in [5.74, 6) is -1.47. The van der Waals surface area contributed by atoms with Crippen LogP contribution in [0, 0.1) is 19.8 Å². The number of carbonyl (C=O) groups is 3. The molecule has 1 aliphatic heterocycles. The fourth-order valence-corrected chi connectivity index (χ4v) is 4.72. The lowest BCUT2D eigenvalue weighted by atomic mass is 9.96. The van der Waals surface area contributed by atoms with E-state index in [1.807, 2.05) is 62.4 Å². The molecule has 0 bridgehead atoms. The lowest BCUT2D eigenvalue weighted by Crippen LogP contribution is -2.43. The van der Waals surface area contributed by atoms with E-state index < -0.39 is 5.97 Å². The first-order valence-corrected chi connectivity index (χ1v) is 13.0. The average Bonchev–Trinajstić information content (AvgIpc) is 2.95. The van der Waals surface area contributed by atoms with Crippen molar-refractivity contribution in [2.75, 3.05) is 19.7 Å². The Bertz CT molecular complexity index is 1540. The number of esters is 1. The summed E-state index contributed by atoms with van der Waals surface area (Å²) in [6.45, 7) is 4.53. The second-order valence-corrected chi connectivity index (χ2v) is 9.99. The Balaban J connectivity index is 1.38. The Morgan fingerprint density at radius 3 is 1.90 bits per heavy atom. The van der Waals surface area contributed by atoms with Gasteiger partial charge in [0.15, 0.2) is 6.61 Å². The molecule has 0 radical (unpaired) electrons. The molecule has 1 aromatic heterocycles. The lowest BCUT2D eigenvalue weighted by Gasteiger charge is -2.30. The van der Waals surface area contributed by atoms with Crippen LogP contribution in [-0.4, -0.2) is 52.3 Å². The molecule has 8 nitrogen and oxygen atoms in total. The molecule has 0 unspecified atom stereocenters. The average molecular weight is 523 g/mol. The van der Waals surface area contributed by atoms with Gasteiger partial charge in [-0.05, 0) is 44.9 Å². The zero-order valence-corrected chi connectivity index (χ0v) is 22.0. The molecule has 2 heterocycles. The van der Waals surface area contributed by atoms with Crippen LogP contribution in [0.1, 0.15) is 34.3 Å². The van der Waals surface area contributed by atoms with Crippen LogP contribution < -0.4 is 5.73 Å². The largest absolute Gasteiger partial charge is 0.452 e. The van der Waals surface area contributed by atoms with Gasteiger partial charge in [-0.3, -0.25) is 9.59 Å². The first-order chi connectivity index (χ1) is 18.8. The monoisotopic (exact) mass is 522 g/mol. The molecule has 0 spiro atoms. The highest BCUT2D eigenvalue weighted by molar-refractivity contribution is 5.96. The van der Waals surface area contributed by atoms with Crippen molar-refractivity contribution in [1.82, 2.24) is 14.9 Å². The molecule has 1 aliphatic rings. The number of hydrogen-bond donors (Lipinski definition) is 1. The summed E-state index contributed by atoms with van der Waals surface area (Å²) in [6, 6.07) is 21.2. The van der Waals surface area contributed by atoms with Gasteiger partial charge in [0.2, 0.25) is 5.91 Å². The van der Waals surface area contributed by atoms with Crippen molar-refractivity contribution in [2.45, 2.75) is 26.7 Å². The topological polar surface area (TPSA) is 115 Å². The predicted octanol–water partition coefficient (Wildman–Crippen LogP) is 4.46. The van der Waals surface area contributed by atoms with Crippen LogP contribution in [0.4, 0.5) is 0 Å². The number of carbonyl (C=O) groups excluding carboxylic acids is 3. The number of piperidine rings is 1. The van der Waals surface area contributed by atoms with Crippen molar-refractivity contribution < 1.29 is 19.1 Å². The van der Waals surface area contributed by atoms with Gasteiger partial charge < -0.3 is 15.4 Å². The zero-order valence-electron chi connectivity index (χ0n) is 22.0. The summed E-state index contributed by atoms with van der Waals surface area (Å²) in [6.07, 6.45) is 1.04. The lowest BCUT2D eigenvalue weighted by molar-refractivity contribution is -0.137. The summed E-state index contributed by atoms with van der Waals surface area (Å²) in [7, 11) is 0. The Morgan fingerprint density at radius 1 is 0.821 bits per heavy atom. The Kier molecular flexibility index (Phi) is 7.36. The van der Waals surface area contributed by atoms with Gasteiger partial charge in [0.1, 0.15) is 0 Å². The van der Waals surface area contributed by atoms with Crippen LogP contribution in [-0.2, 0) is 14.3 Å². The van der Waals surface area contributed by atoms with Crippen molar-refractivity contribution in [3.05, 3.63) is 83.4 Å². The SMILES string of the molecule is Cc1ccc(-c2nc3ccc(C(=O)OCC(=O)N4CCC(C(N)=O)CC4)cc3nc2-c2ccc(C)cc2)cc1. The van der Waals surface area contributed by atoms with Crippen LogP contribution >= 0.6 is 0 Å². The van der Waals surface area contributed by atoms with E-state index in [2.05, 4.69) is 0 Å².